The number of hydrogen-bond donors (Lipinski definition) is 7. The number of nitrogens with two attached hydrogens (primary N) is 1. The second kappa shape index (κ2) is 13.8. The van der Waals surface area contributed by atoms with Crippen LogP contribution in [0.25, 0.3) is 0 Å². The van der Waals surface area contributed by atoms with Crippen molar-refractivity contribution in [3.8, 4) is 0 Å². The normalized spacial score (nSPS) is 15.8. The van der Waals surface area contributed by atoms with Gasteiger partial charge in [-0.15, -0.1) is 0 Å². The Morgan fingerprint density at radius 1 is 0.900 bits per heavy atom. The highest BCUT2D eigenvalue weighted by molar-refractivity contribution is 7.98. The Hall–Kier alpha value is -2.38. The number of amides is 3. The number of hydrogen-bond acceptors (Lipinski definition) is 8. The van der Waals surface area contributed by atoms with Crippen molar-refractivity contribution >= 4 is 41.4 Å². The Kier molecular flexibility index (Phi) is 12.7. The molecule has 0 heterocycles. The van der Waals surface area contributed by atoms with Gasteiger partial charge in [0.2, 0.25) is 17.7 Å². The first kappa shape index (κ1) is 27.6. The van der Waals surface area contributed by atoms with Gasteiger partial charge in [-0.3, -0.25) is 19.2 Å². The minimum absolute atomic E-state index is 0.192. The molecule has 0 aliphatic carbocycles. The van der Waals surface area contributed by atoms with Gasteiger partial charge in [-0.25, -0.2) is 4.79 Å². The molecule has 5 unspecified atom stereocenters. The molecule has 0 spiro atoms. The summed E-state index contributed by atoms with van der Waals surface area (Å²) in [6.07, 6.45) is 0.0561. The molecule has 12 nitrogen and oxygen atoms in total. The average Bonchev–Trinajstić information content (AvgIpc) is 2.66. The van der Waals surface area contributed by atoms with Gasteiger partial charge in [0, 0.05) is 6.42 Å². The molecule has 13 heteroatoms. The monoisotopic (exact) mass is 450 g/mol. The van der Waals surface area contributed by atoms with Crippen LogP contribution in [0.4, 0.5) is 0 Å². The van der Waals surface area contributed by atoms with Crippen molar-refractivity contribution in [1.82, 2.24) is 16.0 Å². The van der Waals surface area contributed by atoms with Crippen LogP contribution in [0.15, 0.2) is 0 Å². The smallest absolute Gasteiger partial charge is 0.326 e. The number of carboxylic acids is 2. The third-order valence-electron chi connectivity index (χ3n) is 4.08. The molecule has 5 atom stereocenters. The number of nitrogens with one attached hydrogen (secondary N) is 3. The van der Waals surface area contributed by atoms with Crippen molar-refractivity contribution in [3.05, 3.63) is 0 Å². The van der Waals surface area contributed by atoms with E-state index in [1.165, 1.54) is 25.6 Å². The standard InChI is InChI=1S/C17H30N4O8S/c1-8(14(25)21-11(17(28)29)6-7-30-3)19-15(26)10(4-5-12(23)24)20-16(27)13(18)9(2)22/h8-11,13,22H,4-7,18H2,1-3H3,(H,19,26)(H,20,27)(H,21,25)(H,23,24)(H,28,29). The molecule has 0 aliphatic heterocycles. The number of carboxylic acid groups (broad SMARTS) is 2. The third-order valence-corrected chi connectivity index (χ3v) is 4.72. The molecule has 3 amide bonds. The fourth-order valence-electron chi connectivity index (χ4n) is 2.19. The van der Waals surface area contributed by atoms with E-state index in [0.717, 1.165) is 0 Å². The largest absolute Gasteiger partial charge is 0.481 e. The lowest BCUT2D eigenvalue weighted by Gasteiger charge is -2.23. The number of carbonyl (C=O) groups excluding carboxylic acids is 3. The maximum absolute atomic E-state index is 12.5. The highest BCUT2D eigenvalue weighted by Gasteiger charge is 2.29. The van der Waals surface area contributed by atoms with Crippen molar-refractivity contribution in [1.29, 1.82) is 0 Å². The van der Waals surface area contributed by atoms with E-state index in [1.807, 2.05) is 0 Å². The van der Waals surface area contributed by atoms with Gasteiger partial charge in [0.1, 0.15) is 24.2 Å². The van der Waals surface area contributed by atoms with Crippen molar-refractivity contribution < 1.29 is 39.3 Å². The average molecular weight is 451 g/mol. The molecule has 0 aromatic rings. The number of carbonyl (C=O) groups is 5. The van der Waals surface area contributed by atoms with Crippen molar-refractivity contribution in [2.24, 2.45) is 5.73 Å². The molecule has 0 aliphatic rings. The summed E-state index contributed by atoms with van der Waals surface area (Å²) in [4.78, 5) is 58.8. The SMILES string of the molecule is CSCCC(NC(=O)C(C)NC(=O)C(CCC(=O)O)NC(=O)C(N)C(C)O)C(=O)O. The van der Waals surface area contributed by atoms with Crippen LogP contribution in [0.3, 0.4) is 0 Å². The summed E-state index contributed by atoms with van der Waals surface area (Å²) in [6.45, 7) is 2.59. The first-order chi connectivity index (χ1) is 13.9. The van der Waals surface area contributed by atoms with Crippen LogP contribution in [0.5, 0.6) is 0 Å². The lowest BCUT2D eigenvalue weighted by atomic mass is 10.1. The molecule has 30 heavy (non-hydrogen) atoms. The Balaban J connectivity index is 5.08. The van der Waals surface area contributed by atoms with E-state index in [1.54, 1.807) is 6.26 Å². The van der Waals surface area contributed by atoms with Gasteiger partial charge in [0.05, 0.1) is 6.10 Å². The number of rotatable bonds is 14. The summed E-state index contributed by atoms with van der Waals surface area (Å²) < 4.78 is 0. The lowest BCUT2D eigenvalue weighted by molar-refractivity contribution is -0.142. The first-order valence-electron chi connectivity index (χ1n) is 9.19. The molecule has 0 radical (unpaired) electrons. The highest BCUT2D eigenvalue weighted by Crippen LogP contribution is 2.03. The van der Waals surface area contributed by atoms with Crippen LogP contribution in [0, 0.1) is 0 Å². The second-order valence-electron chi connectivity index (χ2n) is 6.67. The van der Waals surface area contributed by atoms with Crippen molar-refractivity contribution in [2.45, 2.75) is 63.4 Å². The summed E-state index contributed by atoms with van der Waals surface area (Å²) in [6, 6.07) is -4.93. The minimum atomic E-state index is -1.33. The third kappa shape index (κ3) is 10.4. The zero-order chi connectivity index (χ0) is 23.4. The molecule has 0 fully saturated rings. The molecule has 0 aromatic heterocycles. The van der Waals surface area contributed by atoms with Gasteiger partial charge in [-0.2, -0.15) is 11.8 Å². The number of thioether (sulfide) groups is 1. The number of aliphatic hydroxyl groups excluding tert-OH is 1. The first-order valence-corrected chi connectivity index (χ1v) is 10.6. The fraction of sp³-hybridized carbons (Fsp3) is 0.706. The van der Waals surface area contributed by atoms with Crippen LogP contribution in [0.2, 0.25) is 0 Å². The zero-order valence-corrected chi connectivity index (χ0v) is 17.9. The van der Waals surface area contributed by atoms with Crippen molar-refractivity contribution in [3.63, 3.8) is 0 Å². The highest BCUT2D eigenvalue weighted by atomic mass is 32.2. The van der Waals surface area contributed by atoms with Crippen LogP contribution in [0.1, 0.15) is 33.1 Å². The molecule has 0 saturated carbocycles. The summed E-state index contributed by atoms with van der Waals surface area (Å²) in [7, 11) is 0. The summed E-state index contributed by atoms with van der Waals surface area (Å²) >= 11 is 1.41. The molecular weight excluding hydrogens is 420 g/mol. The van der Waals surface area contributed by atoms with Gasteiger partial charge in [-0.05, 0) is 38.7 Å². The molecule has 8 N–H and O–H groups in total. The maximum atomic E-state index is 12.5. The predicted molar refractivity (Wildman–Crippen MR) is 109 cm³/mol. The van der Waals surface area contributed by atoms with E-state index >= 15 is 0 Å². The predicted octanol–water partition coefficient (Wildman–Crippen LogP) is -2.13. The topological polar surface area (TPSA) is 208 Å². The van der Waals surface area contributed by atoms with E-state index < -0.39 is 66.4 Å². The second-order valence-corrected chi connectivity index (χ2v) is 7.66. The zero-order valence-electron chi connectivity index (χ0n) is 17.1. The van der Waals surface area contributed by atoms with Gasteiger partial charge in [0.15, 0.2) is 0 Å². The quantitative estimate of drug-likeness (QED) is 0.153. The van der Waals surface area contributed by atoms with E-state index in [4.69, 9.17) is 10.8 Å². The number of aliphatic hydroxyl groups is 1. The lowest BCUT2D eigenvalue weighted by Crippen LogP contribution is -2.57. The van der Waals surface area contributed by atoms with E-state index in [9.17, 15) is 34.2 Å². The molecule has 172 valence electrons. The van der Waals surface area contributed by atoms with Crippen LogP contribution in [-0.4, -0.2) is 87.3 Å². The van der Waals surface area contributed by atoms with Gasteiger partial charge in [-0.1, -0.05) is 0 Å². The van der Waals surface area contributed by atoms with Crippen LogP contribution < -0.4 is 21.7 Å². The van der Waals surface area contributed by atoms with Crippen LogP contribution >= 0.6 is 11.8 Å². The van der Waals surface area contributed by atoms with E-state index in [0.29, 0.717) is 5.75 Å². The molecule has 0 rings (SSSR count). The van der Waals surface area contributed by atoms with Crippen molar-refractivity contribution in [2.75, 3.05) is 12.0 Å². The Morgan fingerprint density at radius 2 is 1.47 bits per heavy atom. The molecular formula is C17H30N4O8S. The van der Waals surface area contributed by atoms with E-state index in [2.05, 4.69) is 16.0 Å². The number of aliphatic carboxylic acids is 2. The Labute approximate surface area is 178 Å². The summed E-state index contributed by atoms with van der Waals surface area (Å²) in [5, 5.41) is 34.3. The van der Waals surface area contributed by atoms with Crippen LogP contribution in [-0.2, 0) is 24.0 Å². The van der Waals surface area contributed by atoms with Gasteiger partial charge >= 0.3 is 11.9 Å². The fourth-order valence-corrected chi connectivity index (χ4v) is 2.66. The Morgan fingerprint density at radius 3 is 1.93 bits per heavy atom. The van der Waals surface area contributed by atoms with Gasteiger partial charge in [0.25, 0.3) is 0 Å². The Bertz CT molecular complexity index is 631. The van der Waals surface area contributed by atoms with E-state index in [-0.39, 0.29) is 12.8 Å². The minimum Gasteiger partial charge on any atom is -0.481 e. The van der Waals surface area contributed by atoms with Gasteiger partial charge < -0.3 is 37.0 Å². The molecule has 0 saturated heterocycles. The maximum Gasteiger partial charge on any atom is 0.326 e. The summed E-state index contributed by atoms with van der Waals surface area (Å²) in [5.74, 6) is -4.37. The molecule has 0 bridgehead atoms. The summed E-state index contributed by atoms with van der Waals surface area (Å²) in [5.41, 5.74) is 5.51. The molecule has 0 aromatic carbocycles.